The molecule has 1 aliphatic heterocycles. The lowest BCUT2D eigenvalue weighted by Crippen LogP contribution is -2.46. The van der Waals surface area contributed by atoms with Crippen molar-refractivity contribution in [2.75, 3.05) is 20.2 Å². The maximum atomic E-state index is 13.9. The monoisotopic (exact) mass is 524 g/mol. The number of aliphatic hydroxyl groups is 1. The summed E-state index contributed by atoms with van der Waals surface area (Å²) in [6, 6.07) is 27.6. The Bertz CT molecular complexity index is 1340. The van der Waals surface area contributed by atoms with Crippen LogP contribution in [0.4, 0.5) is 0 Å². The number of carbonyl (C=O) groups excluding carboxylic acids is 1. The number of para-hydroxylation sites is 2. The van der Waals surface area contributed by atoms with E-state index in [1.54, 1.807) is 7.11 Å². The third kappa shape index (κ3) is 5.37. The van der Waals surface area contributed by atoms with E-state index in [0.717, 1.165) is 23.1 Å². The predicted molar refractivity (Wildman–Crippen MR) is 149 cm³/mol. The Kier molecular flexibility index (Phi) is 7.90. The molecule has 3 aromatic rings. The molecule has 0 aromatic heterocycles. The maximum Gasteiger partial charge on any atom is 0.229 e. The molecule has 1 N–H and O–H groups in total. The van der Waals surface area contributed by atoms with Gasteiger partial charge in [-0.25, -0.2) is 0 Å². The van der Waals surface area contributed by atoms with Crippen LogP contribution in [0.15, 0.2) is 78.9 Å². The van der Waals surface area contributed by atoms with E-state index in [1.165, 1.54) is 0 Å². The molecule has 0 unspecified atom stereocenters. The Hall–Kier alpha value is -3.82. The van der Waals surface area contributed by atoms with E-state index in [2.05, 4.69) is 6.07 Å². The second-order valence-electron chi connectivity index (χ2n) is 10.9. The molecular formula is C33H36N2O4. The molecule has 0 radical (unpaired) electrons. The second kappa shape index (κ2) is 11.5. The van der Waals surface area contributed by atoms with Crippen LogP contribution in [0.25, 0.3) is 0 Å². The molecule has 0 spiro atoms. The Morgan fingerprint density at radius 1 is 1.05 bits per heavy atom. The predicted octanol–water partition coefficient (Wildman–Crippen LogP) is 5.66. The van der Waals surface area contributed by atoms with Crippen molar-refractivity contribution in [3.63, 3.8) is 0 Å². The average Bonchev–Trinajstić information content (AvgIpc) is 3.41. The molecule has 1 amide bonds. The minimum atomic E-state index is -1.17. The van der Waals surface area contributed by atoms with Crippen LogP contribution in [0.5, 0.6) is 11.5 Å². The summed E-state index contributed by atoms with van der Waals surface area (Å²) in [5.41, 5.74) is 1.49. The minimum absolute atomic E-state index is 0.0272. The van der Waals surface area contributed by atoms with Crippen LogP contribution in [-0.2, 0) is 17.0 Å². The Balaban J connectivity index is 1.38. The topological polar surface area (TPSA) is 82.8 Å². The van der Waals surface area contributed by atoms with Gasteiger partial charge >= 0.3 is 0 Å². The van der Waals surface area contributed by atoms with Crippen LogP contribution < -0.4 is 9.47 Å². The van der Waals surface area contributed by atoms with Gasteiger partial charge in [0.1, 0.15) is 18.1 Å². The van der Waals surface area contributed by atoms with Crippen molar-refractivity contribution in [2.45, 2.75) is 44.3 Å². The molecule has 0 bridgehead atoms. The Morgan fingerprint density at radius 2 is 1.74 bits per heavy atom. The van der Waals surface area contributed by atoms with Crippen molar-refractivity contribution in [1.29, 1.82) is 5.26 Å². The highest BCUT2D eigenvalue weighted by Gasteiger charge is 2.54. The van der Waals surface area contributed by atoms with Crippen molar-refractivity contribution in [1.82, 2.24) is 4.90 Å². The number of methoxy groups -OCH3 is 1. The summed E-state index contributed by atoms with van der Waals surface area (Å²) >= 11 is 0. The van der Waals surface area contributed by atoms with E-state index in [4.69, 9.17) is 9.47 Å². The van der Waals surface area contributed by atoms with Gasteiger partial charge in [-0.05, 0) is 49.3 Å². The lowest BCUT2D eigenvalue weighted by atomic mass is 9.63. The number of rotatable bonds is 8. The van der Waals surface area contributed by atoms with Gasteiger partial charge in [-0.1, -0.05) is 66.7 Å². The van der Waals surface area contributed by atoms with E-state index < -0.39 is 11.5 Å². The van der Waals surface area contributed by atoms with E-state index in [1.807, 2.05) is 90.7 Å². The van der Waals surface area contributed by atoms with Crippen LogP contribution in [0.1, 0.15) is 48.8 Å². The largest absolute Gasteiger partial charge is 0.496 e. The summed E-state index contributed by atoms with van der Waals surface area (Å²) in [7, 11) is 1.61. The van der Waals surface area contributed by atoms with Crippen LogP contribution in [0.2, 0.25) is 0 Å². The van der Waals surface area contributed by atoms with Crippen LogP contribution in [0, 0.1) is 29.1 Å². The van der Waals surface area contributed by atoms with Crippen molar-refractivity contribution in [3.8, 4) is 17.6 Å². The molecule has 202 valence electrons. The number of nitriles is 1. The number of carbonyl (C=O) groups is 1. The molecule has 2 fully saturated rings. The first-order valence-electron chi connectivity index (χ1n) is 13.7. The van der Waals surface area contributed by atoms with Crippen LogP contribution in [0.3, 0.4) is 0 Å². The third-order valence-electron chi connectivity index (χ3n) is 8.55. The average molecular weight is 525 g/mol. The molecule has 6 heteroatoms. The van der Waals surface area contributed by atoms with Gasteiger partial charge < -0.3 is 19.5 Å². The molecule has 5 rings (SSSR count). The number of hydrogen-bond donors (Lipinski definition) is 1. The van der Waals surface area contributed by atoms with Gasteiger partial charge in [0.2, 0.25) is 5.91 Å². The van der Waals surface area contributed by atoms with Crippen LogP contribution in [-0.4, -0.2) is 36.1 Å². The fourth-order valence-corrected chi connectivity index (χ4v) is 6.64. The first kappa shape index (κ1) is 26.8. The smallest absolute Gasteiger partial charge is 0.229 e. The number of ether oxygens (including phenoxy) is 2. The summed E-state index contributed by atoms with van der Waals surface area (Å²) in [6.45, 7) is 3.40. The van der Waals surface area contributed by atoms with Gasteiger partial charge in [-0.15, -0.1) is 0 Å². The number of likely N-dealkylation sites (tertiary alicyclic amines) is 1. The van der Waals surface area contributed by atoms with Gasteiger partial charge in [-0.2, -0.15) is 5.26 Å². The van der Waals surface area contributed by atoms with Gasteiger partial charge in [-0.3, -0.25) is 4.79 Å². The lowest BCUT2D eigenvalue weighted by molar-refractivity contribution is -0.132. The summed E-state index contributed by atoms with van der Waals surface area (Å²) < 4.78 is 11.8. The zero-order valence-electron chi connectivity index (χ0n) is 22.6. The van der Waals surface area contributed by atoms with Gasteiger partial charge in [0.05, 0.1) is 24.7 Å². The van der Waals surface area contributed by atoms with Crippen molar-refractivity contribution in [3.05, 3.63) is 95.6 Å². The molecule has 1 saturated carbocycles. The quantitative estimate of drug-likeness (QED) is 0.411. The zero-order chi connectivity index (χ0) is 27.4. The molecule has 39 heavy (non-hydrogen) atoms. The fourth-order valence-electron chi connectivity index (χ4n) is 6.64. The molecule has 5 atom stereocenters. The highest BCUT2D eigenvalue weighted by atomic mass is 16.5. The van der Waals surface area contributed by atoms with Gasteiger partial charge in [0.15, 0.2) is 0 Å². The molecule has 1 aliphatic carbocycles. The lowest BCUT2D eigenvalue weighted by Gasteiger charge is -2.45. The SMILES string of the molecule is COc1ccccc1[C@]1(O)C[C@H](CC#N)C[C@H]2CN(C(=O)[C@@H](C)c3ccccc3OCc3ccccc3)C[C@H]21. The highest BCUT2D eigenvalue weighted by Crippen LogP contribution is 2.53. The molecule has 6 nitrogen and oxygen atoms in total. The second-order valence-corrected chi connectivity index (χ2v) is 10.9. The molecule has 2 aliphatic rings. The molecule has 3 aromatic carbocycles. The van der Waals surface area contributed by atoms with E-state index in [9.17, 15) is 15.2 Å². The third-order valence-corrected chi connectivity index (χ3v) is 8.55. The molecule has 1 heterocycles. The summed E-state index contributed by atoms with van der Waals surface area (Å²) in [5.74, 6) is 1.01. The number of amides is 1. The number of hydrogen-bond acceptors (Lipinski definition) is 5. The first-order valence-corrected chi connectivity index (χ1v) is 13.7. The van der Waals surface area contributed by atoms with E-state index >= 15 is 0 Å². The molecule has 1 saturated heterocycles. The molecular weight excluding hydrogens is 488 g/mol. The highest BCUT2D eigenvalue weighted by molar-refractivity contribution is 5.84. The number of benzene rings is 3. The number of fused-ring (bicyclic) bond motifs is 1. The standard InChI is InChI=1S/C33H36N2O4/c1-23(27-12-6-8-14-30(27)39-22-24-10-4-3-5-11-24)32(36)35-20-26-18-25(16-17-34)19-33(37,29(26)21-35)28-13-7-9-15-31(28)38-2/h3-15,23,25-26,29,37H,16,18-22H2,1-2H3/t23-,25+,26-,29+,33+/m0/s1. The van der Waals surface area contributed by atoms with Gasteiger partial charge in [0.25, 0.3) is 0 Å². The van der Waals surface area contributed by atoms with E-state index in [0.29, 0.717) is 44.0 Å². The van der Waals surface area contributed by atoms with Gasteiger partial charge in [0, 0.05) is 36.6 Å². The fraction of sp³-hybridized carbons (Fsp3) is 0.394. The summed E-state index contributed by atoms with van der Waals surface area (Å²) in [6.07, 6.45) is 1.69. The normalized spacial score (nSPS) is 24.9. The summed E-state index contributed by atoms with van der Waals surface area (Å²) in [4.78, 5) is 15.8. The first-order chi connectivity index (χ1) is 18.9. The van der Waals surface area contributed by atoms with Crippen molar-refractivity contribution < 1.29 is 19.4 Å². The minimum Gasteiger partial charge on any atom is -0.496 e. The number of nitrogens with zero attached hydrogens (tertiary/aromatic N) is 2. The van der Waals surface area contributed by atoms with E-state index in [-0.39, 0.29) is 23.7 Å². The zero-order valence-corrected chi connectivity index (χ0v) is 22.6. The summed E-state index contributed by atoms with van der Waals surface area (Å²) in [5, 5.41) is 21.7. The maximum absolute atomic E-state index is 13.9. The Morgan fingerprint density at radius 3 is 2.49 bits per heavy atom. The van der Waals surface area contributed by atoms with Crippen LogP contribution >= 0.6 is 0 Å². The van der Waals surface area contributed by atoms with Crippen molar-refractivity contribution >= 4 is 5.91 Å². The Labute approximate surface area is 230 Å². The van der Waals surface area contributed by atoms with Crippen molar-refractivity contribution in [2.24, 2.45) is 17.8 Å².